The van der Waals surface area contributed by atoms with E-state index in [0.717, 1.165) is 21.0 Å². The van der Waals surface area contributed by atoms with Crippen LogP contribution in [0.3, 0.4) is 0 Å². The Bertz CT molecular complexity index is 1380. The zero-order chi connectivity index (χ0) is 25.8. The van der Waals surface area contributed by atoms with Gasteiger partial charge >= 0.3 is 6.03 Å². The molecule has 3 aromatic rings. The molecule has 4 amide bonds. The Balaban J connectivity index is 1.66. The van der Waals surface area contributed by atoms with Gasteiger partial charge in [0.1, 0.15) is 18.0 Å². The first-order chi connectivity index (χ1) is 17.3. The van der Waals surface area contributed by atoms with Crippen LogP contribution in [0.4, 0.5) is 14.9 Å². The van der Waals surface area contributed by atoms with Crippen molar-refractivity contribution in [3.8, 4) is 11.5 Å². The largest absolute Gasteiger partial charge is 0.490 e. The van der Waals surface area contributed by atoms with Gasteiger partial charge in [-0.05, 0) is 89.2 Å². The molecule has 10 heteroatoms. The molecule has 184 valence electrons. The monoisotopic (exact) mass is 664 g/mol. The fraction of sp³-hybridized carbons (Fsp3) is 0.115. The summed E-state index contributed by atoms with van der Waals surface area (Å²) in [5.74, 6) is -1.36. The second-order valence-electron chi connectivity index (χ2n) is 7.62. The lowest BCUT2D eigenvalue weighted by Gasteiger charge is -2.26. The van der Waals surface area contributed by atoms with Crippen molar-refractivity contribution in [3.05, 3.63) is 91.2 Å². The Morgan fingerprint density at radius 2 is 1.81 bits per heavy atom. The van der Waals surface area contributed by atoms with Crippen LogP contribution >= 0.6 is 38.5 Å². The number of halogens is 3. The fourth-order valence-corrected chi connectivity index (χ4v) is 4.53. The first-order valence-electron chi connectivity index (χ1n) is 10.8. The average molecular weight is 665 g/mol. The van der Waals surface area contributed by atoms with E-state index in [-0.39, 0.29) is 11.3 Å². The second-order valence-corrected chi connectivity index (χ2v) is 9.69. The smallest absolute Gasteiger partial charge is 0.335 e. The zero-order valence-electron chi connectivity index (χ0n) is 18.9. The molecule has 1 aliphatic heterocycles. The van der Waals surface area contributed by atoms with Crippen LogP contribution < -0.4 is 19.7 Å². The maximum atomic E-state index is 13.7. The molecule has 0 radical (unpaired) electrons. The molecular weight excluding hydrogens is 646 g/mol. The molecule has 1 N–H and O–H groups in total. The molecule has 7 nitrogen and oxygen atoms in total. The predicted octanol–water partition coefficient (Wildman–Crippen LogP) is 5.84. The summed E-state index contributed by atoms with van der Waals surface area (Å²) in [6.45, 7) is 2.51. The van der Waals surface area contributed by atoms with E-state index in [9.17, 15) is 18.8 Å². The van der Waals surface area contributed by atoms with Gasteiger partial charge in [0.05, 0.1) is 15.9 Å². The highest BCUT2D eigenvalue weighted by molar-refractivity contribution is 14.1. The van der Waals surface area contributed by atoms with E-state index in [0.29, 0.717) is 33.8 Å². The van der Waals surface area contributed by atoms with Gasteiger partial charge in [0.25, 0.3) is 11.8 Å². The van der Waals surface area contributed by atoms with Crippen LogP contribution in [0.5, 0.6) is 11.5 Å². The third-order valence-corrected chi connectivity index (χ3v) is 6.44. The number of amides is 4. The highest BCUT2D eigenvalue weighted by atomic mass is 127. The molecule has 1 heterocycles. The van der Waals surface area contributed by atoms with Crippen LogP contribution in [-0.2, 0) is 16.2 Å². The molecule has 1 fully saturated rings. The Hall–Kier alpha value is -3.25. The Morgan fingerprint density at radius 3 is 2.50 bits per heavy atom. The van der Waals surface area contributed by atoms with E-state index in [2.05, 4.69) is 43.8 Å². The lowest BCUT2D eigenvalue weighted by atomic mass is 10.1. The minimum absolute atomic E-state index is 0.0113. The van der Waals surface area contributed by atoms with Gasteiger partial charge in [-0.25, -0.2) is 14.1 Å². The molecule has 0 spiro atoms. The van der Waals surface area contributed by atoms with E-state index < -0.39 is 23.7 Å². The molecule has 0 saturated carbocycles. The summed E-state index contributed by atoms with van der Waals surface area (Å²) in [7, 11) is 0. The molecule has 4 rings (SSSR count). The number of barbiturate groups is 1. The second kappa shape index (κ2) is 11.2. The van der Waals surface area contributed by atoms with Crippen LogP contribution in [0.15, 0.2) is 70.7 Å². The highest BCUT2D eigenvalue weighted by Gasteiger charge is 2.37. The van der Waals surface area contributed by atoms with Crippen molar-refractivity contribution >= 4 is 68.1 Å². The maximum Gasteiger partial charge on any atom is 0.335 e. The first-order valence-corrected chi connectivity index (χ1v) is 12.6. The number of nitrogens with one attached hydrogen (secondary N) is 1. The van der Waals surface area contributed by atoms with Crippen molar-refractivity contribution in [2.75, 3.05) is 11.5 Å². The van der Waals surface area contributed by atoms with Gasteiger partial charge in [-0.15, -0.1) is 0 Å². The molecule has 0 unspecified atom stereocenters. The minimum Gasteiger partial charge on any atom is -0.490 e. The summed E-state index contributed by atoms with van der Waals surface area (Å²) < 4.78 is 27.2. The van der Waals surface area contributed by atoms with Gasteiger partial charge in [0.2, 0.25) is 0 Å². The van der Waals surface area contributed by atoms with E-state index in [1.54, 1.807) is 12.1 Å². The zero-order valence-corrected chi connectivity index (χ0v) is 22.6. The first kappa shape index (κ1) is 25.8. The molecular formula is C26H19BrFIN2O5. The number of anilines is 1. The van der Waals surface area contributed by atoms with Gasteiger partial charge in [0, 0.05) is 4.47 Å². The molecule has 36 heavy (non-hydrogen) atoms. The number of hydrogen-bond donors (Lipinski definition) is 1. The molecule has 1 aliphatic rings. The SMILES string of the molecule is CCOc1cc(/C=C2\C(=O)NC(=O)N(c3cccc(F)c3)C2=O)cc(I)c1OCc1ccc(Br)cc1. The van der Waals surface area contributed by atoms with Crippen molar-refractivity contribution in [3.63, 3.8) is 0 Å². The summed E-state index contributed by atoms with van der Waals surface area (Å²) in [6.07, 6.45) is 1.36. The predicted molar refractivity (Wildman–Crippen MR) is 144 cm³/mol. The summed E-state index contributed by atoms with van der Waals surface area (Å²) in [6, 6.07) is 15.2. The number of imide groups is 2. The van der Waals surface area contributed by atoms with Gasteiger partial charge in [0.15, 0.2) is 11.5 Å². The number of ether oxygens (including phenoxy) is 2. The molecule has 1 saturated heterocycles. The Morgan fingerprint density at radius 1 is 1.06 bits per heavy atom. The van der Waals surface area contributed by atoms with Gasteiger partial charge in [-0.3, -0.25) is 14.9 Å². The highest BCUT2D eigenvalue weighted by Crippen LogP contribution is 2.36. The normalized spacial score (nSPS) is 14.7. The van der Waals surface area contributed by atoms with Gasteiger partial charge in [-0.2, -0.15) is 0 Å². The lowest BCUT2D eigenvalue weighted by molar-refractivity contribution is -0.122. The number of nitrogens with zero attached hydrogens (tertiary/aromatic N) is 1. The number of benzene rings is 3. The maximum absolute atomic E-state index is 13.7. The van der Waals surface area contributed by atoms with Crippen LogP contribution in [0.1, 0.15) is 18.1 Å². The van der Waals surface area contributed by atoms with Crippen molar-refractivity contribution in [2.24, 2.45) is 0 Å². The van der Waals surface area contributed by atoms with Crippen molar-refractivity contribution in [1.29, 1.82) is 0 Å². The number of hydrogen-bond acceptors (Lipinski definition) is 5. The van der Waals surface area contributed by atoms with Crippen LogP contribution in [-0.4, -0.2) is 24.5 Å². The quantitative estimate of drug-likeness (QED) is 0.195. The van der Waals surface area contributed by atoms with Crippen molar-refractivity contribution < 1.29 is 28.2 Å². The van der Waals surface area contributed by atoms with E-state index in [1.165, 1.54) is 24.3 Å². The Kier molecular flexibility index (Phi) is 8.04. The number of rotatable bonds is 7. The van der Waals surface area contributed by atoms with Crippen molar-refractivity contribution in [2.45, 2.75) is 13.5 Å². The van der Waals surface area contributed by atoms with E-state index in [1.807, 2.05) is 31.2 Å². The molecule has 0 bridgehead atoms. The van der Waals surface area contributed by atoms with E-state index in [4.69, 9.17) is 9.47 Å². The summed E-state index contributed by atoms with van der Waals surface area (Å²) in [5, 5.41) is 2.13. The molecule has 3 aromatic carbocycles. The molecule has 0 atom stereocenters. The summed E-state index contributed by atoms with van der Waals surface area (Å²) in [5.41, 5.74) is 1.19. The number of carbonyl (C=O) groups excluding carboxylic acids is 3. The standard InChI is InChI=1S/C26H19BrFIN2O5/c1-2-35-22-12-16(11-21(29)23(22)36-14-15-6-8-17(27)9-7-15)10-20-24(32)30-26(34)31(25(20)33)19-5-3-4-18(28)13-19/h3-13H,2,14H2,1H3,(H,30,32,34)/b20-10+. The number of urea groups is 1. The van der Waals surface area contributed by atoms with Crippen molar-refractivity contribution in [1.82, 2.24) is 5.32 Å². The van der Waals surface area contributed by atoms with Gasteiger partial charge in [-0.1, -0.05) is 34.1 Å². The number of carbonyl (C=O) groups is 3. The summed E-state index contributed by atoms with van der Waals surface area (Å²) >= 11 is 5.50. The van der Waals surface area contributed by atoms with Crippen LogP contribution in [0, 0.1) is 9.39 Å². The van der Waals surface area contributed by atoms with Gasteiger partial charge < -0.3 is 9.47 Å². The van der Waals surface area contributed by atoms with E-state index >= 15 is 0 Å². The third kappa shape index (κ3) is 5.76. The topological polar surface area (TPSA) is 84.9 Å². The lowest BCUT2D eigenvalue weighted by Crippen LogP contribution is -2.54. The average Bonchev–Trinajstić information content (AvgIpc) is 2.82. The Labute approximate surface area is 228 Å². The van der Waals surface area contributed by atoms with Crippen LogP contribution in [0.2, 0.25) is 0 Å². The van der Waals surface area contributed by atoms with Crippen LogP contribution in [0.25, 0.3) is 6.08 Å². The minimum atomic E-state index is -0.950. The summed E-state index contributed by atoms with van der Waals surface area (Å²) in [4.78, 5) is 38.7. The molecule has 0 aromatic heterocycles. The fourth-order valence-electron chi connectivity index (χ4n) is 3.48. The molecule has 0 aliphatic carbocycles. The third-order valence-electron chi connectivity index (χ3n) is 5.11.